The molecule has 4 aromatic rings. The normalized spacial score (nSPS) is 14.4. The lowest BCUT2D eigenvalue weighted by Crippen LogP contribution is -2.48. The highest BCUT2D eigenvalue weighted by Crippen LogP contribution is 2.28. The lowest BCUT2D eigenvalue weighted by molar-refractivity contribution is -0.120. The molecule has 0 radical (unpaired) electrons. The maximum atomic E-state index is 14.9. The number of fused-ring (bicyclic) bond motifs is 1. The third-order valence-electron chi connectivity index (χ3n) is 6.29. The van der Waals surface area contributed by atoms with Crippen molar-refractivity contribution in [2.75, 3.05) is 34.6 Å². The molecule has 0 bridgehead atoms. The van der Waals surface area contributed by atoms with Gasteiger partial charge in [0.25, 0.3) is 0 Å². The maximum Gasteiger partial charge on any atom is 0.239 e. The zero-order chi connectivity index (χ0) is 27.9. The highest BCUT2D eigenvalue weighted by molar-refractivity contribution is 7.94. The first-order valence-corrected chi connectivity index (χ1v) is 13.6. The van der Waals surface area contributed by atoms with Gasteiger partial charge in [0, 0.05) is 42.2 Å². The van der Waals surface area contributed by atoms with E-state index < -0.39 is 26.4 Å². The van der Waals surface area contributed by atoms with Gasteiger partial charge in [0.05, 0.1) is 22.7 Å². The summed E-state index contributed by atoms with van der Waals surface area (Å²) in [6, 6.07) is 10.4. The van der Waals surface area contributed by atoms with Crippen molar-refractivity contribution in [1.29, 1.82) is 0 Å². The molecule has 0 unspecified atom stereocenters. The van der Waals surface area contributed by atoms with Crippen LogP contribution in [-0.4, -0.2) is 53.2 Å². The lowest BCUT2D eigenvalue weighted by Gasteiger charge is -2.29. The largest absolute Gasteiger partial charge is 0.358 e. The molecule has 0 spiro atoms. The van der Waals surface area contributed by atoms with Gasteiger partial charge in [-0.05, 0) is 63.2 Å². The molecule has 39 heavy (non-hydrogen) atoms. The Bertz CT molecular complexity index is 1680. The van der Waals surface area contributed by atoms with E-state index in [9.17, 15) is 22.0 Å². The van der Waals surface area contributed by atoms with Crippen molar-refractivity contribution in [3.8, 4) is 5.69 Å². The molecule has 0 saturated carbocycles. The summed E-state index contributed by atoms with van der Waals surface area (Å²) in [5.41, 5.74) is 1.51. The number of carbonyl (C=O) groups is 1. The standard InChI is InChI=1S/C26H27F2N7O3S/c1-26(2,3)39(37,38)33-21-13-18(5-6-19(21)27)35-10-8-16-14-30-25(32-24(16)35)31-17-4-7-22(20(28)12-17)34-11-9-29-23(36)15-34/h4-8,10,12-14,33H,9,11,15H2,1-3H3,(H,29,36)(H,30,31,32). The number of benzene rings is 2. The lowest BCUT2D eigenvalue weighted by atomic mass is 10.2. The number of hydrogen-bond donors (Lipinski definition) is 3. The van der Waals surface area contributed by atoms with Crippen LogP contribution in [0, 0.1) is 11.6 Å². The highest BCUT2D eigenvalue weighted by atomic mass is 32.2. The van der Waals surface area contributed by atoms with Gasteiger partial charge in [0.1, 0.15) is 17.3 Å². The van der Waals surface area contributed by atoms with Gasteiger partial charge in [0.15, 0.2) is 0 Å². The minimum Gasteiger partial charge on any atom is -0.358 e. The molecule has 2 aromatic carbocycles. The molecule has 1 aliphatic rings. The van der Waals surface area contributed by atoms with Crippen molar-refractivity contribution < 1.29 is 22.0 Å². The summed E-state index contributed by atoms with van der Waals surface area (Å²) in [6.07, 6.45) is 3.30. The van der Waals surface area contributed by atoms with Crippen LogP contribution < -0.4 is 20.3 Å². The zero-order valence-electron chi connectivity index (χ0n) is 21.5. The van der Waals surface area contributed by atoms with E-state index in [1.54, 1.807) is 40.1 Å². The monoisotopic (exact) mass is 555 g/mol. The molecule has 0 aliphatic carbocycles. The van der Waals surface area contributed by atoms with Crippen LogP contribution in [0.15, 0.2) is 54.9 Å². The van der Waals surface area contributed by atoms with E-state index in [0.717, 1.165) is 0 Å². The fourth-order valence-electron chi connectivity index (χ4n) is 4.04. The van der Waals surface area contributed by atoms with Crippen molar-refractivity contribution in [1.82, 2.24) is 19.9 Å². The summed E-state index contributed by atoms with van der Waals surface area (Å²) in [6.45, 7) is 5.61. The first-order valence-electron chi connectivity index (χ1n) is 12.2. The van der Waals surface area contributed by atoms with E-state index in [1.807, 2.05) is 0 Å². The number of carbonyl (C=O) groups excluding carboxylic acids is 1. The zero-order valence-corrected chi connectivity index (χ0v) is 22.3. The Kier molecular flexibility index (Phi) is 6.62. The van der Waals surface area contributed by atoms with Crippen molar-refractivity contribution in [3.63, 3.8) is 0 Å². The molecule has 5 rings (SSSR count). The molecule has 1 aliphatic heterocycles. The number of hydrogen-bond acceptors (Lipinski definition) is 7. The Balaban J connectivity index is 1.42. The number of anilines is 4. The molecule has 1 fully saturated rings. The number of amides is 1. The average Bonchev–Trinajstić information content (AvgIpc) is 3.28. The van der Waals surface area contributed by atoms with Gasteiger partial charge >= 0.3 is 0 Å². The minimum absolute atomic E-state index is 0.0865. The van der Waals surface area contributed by atoms with Crippen LogP contribution in [0.4, 0.5) is 31.8 Å². The van der Waals surface area contributed by atoms with Crippen LogP contribution in [0.25, 0.3) is 16.7 Å². The number of aromatic nitrogens is 3. The van der Waals surface area contributed by atoms with Gasteiger partial charge in [-0.25, -0.2) is 22.2 Å². The van der Waals surface area contributed by atoms with Gasteiger partial charge in [-0.2, -0.15) is 4.98 Å². The SMILES string of the molecule is CC(C)(C)S(=O)(=O)Nc1cc(-n2ccc3cnc(Nc4ccc(N5CCNC(=O)C5)c(F)c4)nc32)ccc1F. The molecule has 2 aromatic heterocycles. The van der Waals surface area contributed by atoms with Gasteiger partial charge < -0.3 is 20.1 Å². The molecule has 3 heterocycles. The van der Waals surface area contributed by atoms with Gasteiger partial charge in [0.2, 0.25) is 21.9 Å². The molecule has 204 valence electrons. The molecule has 13 heteroatoms. The van der Waals surface area contributed by atoms with Gasteiger partial charge in [-0.1, -0.05) is 0 Å². The number of halogens is 2. The Morgan fingerprint density at radius 3 is 2.56 bits per heavy atom. The summed E-state index contributed by atoms with van der Waals surface area (Å²) in [5, 5.41) is 6.39. The first kappa shape index (κ1) is 26.4. The summed E-state index contributed by atoms with van der Waals surface area (Å²) in [4.78, 5) is 22.2. The van der Waals surface area contributed by atoms with E-state index in [-0.39, 0.29) is 24.1 Å². The van der Waals surface area contributed by atoms with Crippen molar-refractivity contribution in [2.24, 2.45) is 0 Å². The molecular formula is C26H27F2N7O3S. The predicted octanol–water partition coefficient (Wildman–Crippen LogP) is 3.92. The Morgan fingerprint density at radius 2 is 1.85 bits per heavy atom. The Labute approximate surface area is 224 Å². The fraction of sp³-hybridized carbons (Fsp3) is 0.269. The van der Waals surface area contributed by atoms with E-state index in [4.69, 9.17) is 0 Å². The summed E-state index contributed by atoms with van der Waals surface area (Å²) in [5.74, 6) is -1.17. The van der Waals surface area contributed by atoms with E-state index in [1.165, 1.54) is 45.0 Å². The number of nitrogens with zero attached hydrogens (tertiary/aromatic N) is 4. The van der Waals surface area contributed by atoms with Crippen LogP contribution in [0.3, 0.4) is 0 Å². The van der Waals surface area contributed by atoms with Gasteiger partial charge in [-0.15, -0.1) is 0 Å². The van der Waals surface area contributed by atoms with E-state index in [2.05, 4.69) is 25.3 Å². The third kappa shape index (κ3) is 5.35. The quantitative estimate of drug-likeness (QED) is 0.330. The second-order valence-electron chi connectivity index (χ2n) is 10.1. The number of piperazine rings is 1. The van der Waals surface area contributed by atoms with E-state index >= 15 is 0 Å². The minimum atomic E-state index is -3.85. The molecule has 10 nitrogen and oxygen atoms in total. The average molecular weight is 556 g/mol. The summed E-state index contributed by atoms with van der Waals surface area (Å²) < 4.78 is 57.5. The van der Waals surface area contributed by atoms with Crippen LogP contribution >= 0.6 is 0 Å². The van der Waals surface area contributed by atoms with Crippen LogP contribution in [0.1, 0.15) is 20.8 Å². The third-order valence-corrected chi connectivity index (χ3v) is 8.39. The molecular weight excluding hydrogens is 528 g/mol. The molecule has 3 N–H and O–H groups in total. The Morgan fingerprint density at radius 1 is 1.05 bits per heavy atom. The smallest absolute Gasteiger partial charge is 0.239 e. The van der Waals surface area contributed by atoms with Gasteiger partial charge in [-0.3, -0.25) is 9.52 Å². The second kappa shape index (κ2) is 9.80. The maximum absolute atomic E-state index is 14.9. The first-order chi connectivity index (χ1) is 18.4. The second-order valence-corrected chi connectivity index (χ2v) is 12.5. The predicted molar refractivity (Wildman–Crippen MR) is 146 cm³/mol. The number of nitrogens with one attached hydrogen (secondary N) is 3. The van der Waals surface area contributed by atoms with Crippen LogP contribution in [0.5, 0.6) is 0 Å². The van der Waals surface area contributed by atoms with Crippen molar-refractivity contribution >= 4 is 50.0 Å². The van der Waals surface area contributed by atoms with Crippen LogP contribution in [0.2, 0.25) is 0 Å². The fourth-order valence-corrected chi connectivity index (χ4v) is 4.79. The Hall–Kier alpha value is -4.26. The molecule has 1 saturated heterocycles. The number of sulfonamides is 1. The van der Waals surface area contributed by atoms with Crippen molar-refractivity contribution in [2.45, 2.75) is 25.5 Å². The molecule has 1 amide bonds. The summed E-state index contributed by atoms with van der Waals surface area (Å²) in [7, 11) is -3.85. The molecule has 0 atom stereocenters. The van der Waals surface area contributed by atoms with Crippen molar-refractivity contribution in [3.05, 3.63) is 66.5 Å². The van der Waals surface area contributed by atoms with E-state index in [0.29, 0.717) is 41.2 Å². The van der Waals surface area contributed by atoms with Crippen LogP contribution in [-0.2, 0) is 14.8 Å². The number of rotatable bonds is 6. The topological polar surface area (TPSA) is 121 Å². The summed E-state index contributed by atoms with van der Waals surface area (Å²) >= 11 is 0. The highest BCUT2D eigenvalue weighted by Gasteiger charge is 2.30.